The van der Waals surface area contributed by atoms with Crippen molar-refractivity contribution in [2.45, 2.75) is 25.7 Å². The van der Waals surface area contributed by atoms with E-state index in [1.165, 1.54) is 0 Å². The van der Waals surface area contributed by atoms with Gasteiger partial charge in [-0.05, 0) is 37.3 Å². The molecule has 1 fully saturated rings. The van der Waals surface area contributed by atoms with Gasteiger partial charge in [-0.15, -0.1) is 0 Å². The predicted molar refractivity (Wildman–Crippen MR) is 94.4 cm³/mol. The molecule has 1 aliphatic rings. The van der Waals surface area contributed by atoms with E-state index in [2.05, 4.69) is 15.0 Å². The van der Waals surface area contributed by atoms with Crippen LogP contribution in [0.1, 0.15) is 31.2 Å². The van der Waals surface area contributed by atoms with E-state index in [9.17, 15) is 8.42 Å². The molecule has 126 valence electrons. The summed E-state index contributed by atoms with van der Waals surface area (Å²) in [6.45, 7) is 2.85. The molecule has 0 amide bonds. The Kier molecular flexibility index (Phi) is 3.77. The van der Waals surface area contributed by atoms with Gasteiger partial charge >= 0.3 is 0 Å². The third-order valence-corrected chi connectivity index (χ3v) is 6.76. The second-order valence-electron chi connectivity index (χ2n) is 6.29. The molecule has 0 saturated carbocycles. The van der Waals surface area contributed by atoms with Gasteiger partial charge < -0.3 is 4.98 Å². The molecule has 1 aliphatic heterocycles. The summed E-state index contributed by atoms with van der Waals surface area (Å²) in [7, 11) is -3.15. The molecule has 1 atom stereocenters. The van der Waals surface area contributed by atoms with Crippen LogP contribution < -0.4 is 0 Å². The first-order valence-electron chi connectivity index (χ1n) is 8.27. The highest BCUT2D eigenvalue weighted by Crippen LogP contribution is 2.35. The molecule has 0 aromatic carbocycles. The van der Waals surface area contributed by atoms with Gasteiger partial charge in [-0.25, -0.2) is 17.7 Å². The summed E-state index contributed by atoms with van der Waals surface area (Å²) in [6, 6.07) is 2.03. The van der Waals surface area contributed by atoms with Crippen LogP contribution >= 0.6 is 0 Å². The van der Waals surface area contributed by atoms with Crippen molar-refractivity contribution in [3.05, 3.63) is 36.4 Å². The fourth-order valence-electron chi connectivity index (χ4n) is 3.65. The van der Waals surface area contributed by atoms with Crippen LogP contribution in [-0.2, 0) is 10.0 Å². The van der Waals surface area contributed by atoms with Crippen LogP contribution in [0, 0.1) is 0 Å². The highest BCUT2D eigenvalue weighted by atomic mass is 32.2. The molecule has 1 saturated heterocycles. The van der Waals surface area contributed by atoms with Crippen LogP contribution in [0.2, 0.25) is 0 Å². The number of aromatic amines is 1. The maximum Gasteiger partial charge on any atom is 0.213 e. The number of piperidine rings is 1. The fourth-order valence-corrected chi connectivity index (χ4v) is 4.83. The first-order valence-corrected chi connectivity index (χ1v) is 9.88. The van der Waals surface area contributed by atoms with E-state index in [1.807, 2.05) is 30.9 Å². The Hall–Kier alpha value is -1.99. The number of nitrogens with zero attached hydrogens (tertiary/aromatic N) is 3. The molecule has 4 rings (SSSR count). The molecule has 1 unspecified atom stereocenters. The molecule has 6 nitrogen and oxygen atoms in total. The van der Waals surface area contributed by atoms with E-state index < -0.39 is 10.0 Å². The van der Waals surface area contributed by atoms with Gasteiger partial charge in [-0.2, -0.15) is 0 Å². The zero-order valence-corrected chi connectivity index (χ0v) is 14.4. The molecule has 3 aromatic heterocycles. The molecule has 0 radical (unpaired) electrons. The number of hydrogen-bond acceptors (Lipinski definition) is 4. The molecule has 0 bridgehead atoms. The number of aromatic nitrogens is 3. The van der Waals surface area contributed by atoms with E-state index in [0.29, 0.717) is 13.1 Å². The molecule has 0 aliphatic carbocycles. The van der Waals surface area contributed by atoms with E-state index >= 15 is 0 Å². The third-order valence-electron chi connectivity index (χ3n) is 4.91. The van der Waals surface area contributed by atoms with Gasteiger partial charge in [0.1, 0.15) is 5.65 Å². The zero-order valence-electron chi connectivity index (χ0n) is 13.6. The maximum atomic E-state index is 12.3. The van der Waals surface area contributed by atoms with Gasteiger partial charge in [0.05, 0.1) is 5.75 Å². The number of rotatable bonds is 3. The van der Waals surface area contributed by atoms with E-state index in [4.69, 9.17) is 0 Å². The number of H-pyrrole nitrogens is 1. The van der Waals surface area contributed by atoms with Crippen LogP contribution in [0.3, 0.4) is 0 Å². The Morgan fingerprint density at radius 3 is 3.04 bits per heavy atom. The summed E-state index contributed by atoms with van der Waals surface area (Å²) in [5.41, 5.74) is 1.97. The fraction of sp³-hybridized carbons (Fsp3) is 0.412. The lowest BCUT2D eigenvalue weighted by Gasteiger charge is -2.32. The van der Waals surface area contributed by atoms with Gasteiger partial charge in [0, 0.05) is 54.0 Å². The van der Waals surface area contributed by atoms with E-state index in [-0.39, 0.29) is 11.7 Å². The molecule has 24 heavy (non-hydrogen) atoms. The van der Waals surface area contributed by atoms with Crippen LogP contribution in [0.4, 0.5) is 0 Å². The number of fused-ring (bicyclic) bond motifs is 3. The number of sulfonamides is 1. The van der Waals surface area contributed by atoms with Gasteiger partial charge in [-0.1, -0.05) is 0 Å². The predicted octanol–water partition coefficient (Wildman–Crippen LogP) is 2.64. The zero-order chi connectivity index (χ0) is 16.7. The first-order chi connectivity index (χ1) is 11.6. The average Bonchev–Trinajstić information content (AvgIpc) is 3.10. The largest absolute Gasteiger partial charge is 0.346 e. The van der Waals surface area contributed by atoms with Crippen LogP contribution in [0.15, 0.2) is 30.9 Å². The molecular weight excluding hydrogens is 324 g/mol. The standard InChI is InChI=1S/C17H20N4O2S/c1-2-24(22,23)21-7-3-4-12(11-21)15-10-18-8-13-9-20-17-14(16(13)15)5-6-19-17/h5-6,8-10,12H,2-4,7,11H2,1H3,(H,19,20). The molecule has 4 heterocycles. The van der Waals surface area contributed by atoms with Gasteiger partial charge in [0.25, 0.3) is 0 Å². The minimum absolute atomic E-state index is 0.152. The third kappa shape index (κ3) is 2.48. The van der Waals surface area contributed by atoms with Gasteiger partial charge in [0.15, 0.2) is 0 Å². The Morgan fingerprint density at radius 1 is 1.33 bits per heavy atom. The summed E-state index contributed by atoms with van der Waals surface area (Å²) in [4.78, 5) is 11.9. The van der Waals surface area contributed by atoms with Crippen molar-refractivity contribution in [3.63, 3.8) is 0 Å². The number of hydrogen-bond donors (Lipinski definition) is 1. The van der Waals surface area contributed by atoms with Crippen molar-refractivity contribution >= 4 is 31.8 Å². The van der Waals surface area contributed by atoms with Crippen LogP contribution in [0.5, 0.6) is 0 Å². The molecular formula is C17H20N4O2S. The van der Waals surface area contributed by atoms with Crippen molar-refractivity contribution in [1.29, 1.82) is 0 Å². The van der Waals surface area contributed by atoms with Crippen molar-refractivity contribution in [2.75, 3.05) is 18.8 Å². The second-order valence-corrected chi connectivity index (χ2v) is 8.55. The molecule has 7 heteroatoms. The summed E-state index contributed by atoms with van der Waals surface area (Å²) >= 11 is 0. The van der Waals surface area contributed by atoms with Crippen molar-refractivity contribution < 1.29 is 8.42 Å². The highest BCUT2D eigenvalue weighted by molar-refractivity contribution is 7.89. The van der Waals surface area contributed by atoms with E-state index in [1.54, 1.807) is 11.2 Å². The Morgan fingerprint density at radius 2 is 2.21 bits per heavy atom. The number of pyridine rings is 2. The lowest BCUT2D eigenvalue weighted by Crippen LogP contribution is -2.39. The topological polar surface area (TPSA) is 79.0 Å². The highest BCUT2D eigenvalue weighted by Gasteiger charge is 2.29. The normalized spacial score (nSPS) is 20.0. The quantitative estimate of drug-likeness (QED) is 0.792. The van der Waals surface area contributed by atoms with Gasteiger partial charge in [-0.3, -0.25) is 4.98 Å². The first kappa shape index (κ1) is 15.5. The Labute approximate surface area is 141 Å². The average molecular weight is 344 g/mol. The Bertz CT molecular complexity index is 996. The lowest BCUT2D eigenvalue weighted by atomic mass is 9.89. The van der Waals surface area contributed by atoms with E-state index in [0.717, 1.165) is 40.2 Å². The maximum absolute atomic E-state index is 12.3. The van der Waals surface area contributed by atoms with Gasteiger partial charge in [0.2, 0.25) is 10.0 Å². The summed E-state index contributed by atoms with van der Waals surface area (Å²) in [5, 5.41) is 3.20. The van der Waals surface area contributed by atoms with Crippen molar-refractivity contribution in [3.8, 4) is 0 Å². The molecule has 0 spiro atoms. The Balaban J connectivity index is 1.83. The minimum atomic E-state index is -3.15. The SMILES string of the molecule is CCS(=O)(=O)N1CCCC(c2cncc3cnc4[nH]ccc4c23)C1. The number of nitrogens with one attached hydrogen (secondary N) is 1. The van der Waals surface area contributed by atoms with Crippen molar-refractivity contribution in [2.24, 2.45) is 0 Å². The summed E-state index contributed by atoms with van der Waals surface area (Å²) in [6.07, 6.45) is 9.28. The van der Waals surface area contributed by atoms with Crippen LogP contribution in [0.25, 0.3) is 21.8 Å². The smallest absolute Gasteiger partial charge is 0.213 e. The summed E-state index contributed by atoms with van der Waals surface area (Å²) < 4.78 is 26.2. The van der Waals surface area contributed by atoms with Crippen molar-refractivity contribution in [1.82, 2.24) is 19.3 Å². The molecule has 3 aromatic rings. The lowest BCUT2D eigenvalue weighted by molar-refractivity contribution is 0.317. The summed E-state index contributed by atoms with van der Waals surface area (Å²) in [5.74, 6) is 0.316. The minimum Gasteiger partial charge on any atom is -0.346 e. The molecule has 1 N–H and O–H groups in total. The monoisotopic (exact) mass is 344 g/mol. The van der Waals surface area contributed by atoms with Crippen LogP contribution in [-0.4, -0.2) is 46.5 Å². The second kappa shape index (κ2) is 5.82.